The summed E-state index contributed by atoms with van der Waals surface area (Å²) in [6.45, 7) is 1.74. The number of aromatic nitrogens is 3. The fraction of sp³-hybridized carbons (Fsp3) is 0.143. The van der Waals surface area contributed by atoms with Crippen molar-refractivity contribution in [2.24, 2.45) is 0 Å². The molecule has 0 aliphatic rings. The van der Waals surface area contributed by atoms with Gasteiger partial charge < -0.3 is 0 Å². The van der Waals surface area contributed by atoms with Crippen LogP contribution in [0.1, 0.15) is 17.0 Å². The zero-order chi connectivity index (χ0) is 21.3. The number of benzene rings is 2. The molecular weight excluding hydrogens is 445 g/mol. The highest BCUT2D eigenvalue weighted by atomic mass is 35.5. The average molecular weight is 462 g/mol. The Morgan fingerprint density at radius 3 is 2.47 bits per heavy atom. The van der Waals surface area contributed by atoms with Gasteiger partial charge in [-0.3, -0.25) is 0 Å². The number of sulfone groups is 1. The molecule has 30 heavy (non-hydrogen) atoms. The SMILES string of the molecule is Cc1nn(-c2ccccc2)c(Cl)c1CS(=O)(=O)Cc1csc(-c2ccc(F)cc2)n1. The number of nitrogens with zero attached hydrogens (tertiary/aromatic N) is 3. The minimum absolute atomic E-state index is 0.211. The van der Waals surface area contributed by atoms with E-state index >= 15 is 0 Å². The summed E-state index contributed by atoms with van der Waals surface area (Å²) >= 11 is 7.78. The van der Waals surface area contributed by atoms with Gasteiger partial charge in [-0.15, -0.1) is 11.3 Å². The minimum Gasteiger partial charge on any atom is -0.240 e. The van der Waals surface area contributed by atoms with E-state index in [1.54, 1.807) is 24.4 Å². The normalized spacial score (nSPS) is 11.7. The van der Waals surface area contributed by atoms with E-state index in [1.165, 1.54) is 28.2 Å². The highest BCUT2D eigenvalue weighted by molar-refractivity contribution is 7.89. The molecular formula is C21H17ClFN3O2S2. The highest BCUT2D eigenvalue weighted by Gasteiger charge is 2.22. The van der Waals surface area contributed by atoms with Crippen LogP contribution in [0, 0.1) is 12.7 Å². The van der Waals surface area contributed by atoms with Gasteiger partial charge in [0.15, 0.2) is 9.84 Å². The summed E-state index contributed by atoms with van der Waals surface area (Å²) in [7, 11) is -3.53. The Hall–Kier alpha value is -2.55. The van der Waals surface area contributed by atoms with Crippen LogP contribution in [0.5, 0.6) is 0 Å². The second-order valence-corrected chi connectivity index (χ2v) is 10.1. The lowest BCUT2D eigenvalue weighted by atomic mass is 10.2. The van der Waals surface area contributed by atoms with Gasteiger partial charge in [0.1, 0.15) is 16.0 Å². The maximum absolute atomic E-state index is 13.1. The molecule has 0 bridgehead atoms. The number of aryl methyl sites for hydroxylation is 1. The molecule has 154 valence electrons. The number of thiazole rings is 1. The Morgan fingerprint density at radius 1 is 1.07 bits per heavy atom. The monoisotopic (exact) mass is 461 g/mol. The molecule has 0 unspecified atom stereocenters. The van der Waals surface area contributed by atoms with Crippen molar-refractivity contribution in [3.8, 4) is 16.3 Å². The Morgan fingerprint density at radius 2 is 1.77 bits per heavy atom. The Labute approximate surface area is 182 Å². The van der Waals surface area contributed by atoms with Crippen LogP contribution < -0.4 is 0 Å². The number of para-hydroxylation sites is 1. The van der Waals surface area contributed by atoms with Crippen LogP contribution in [-0.4, -0.2) is 23.2 Å². The van der Waals surface area contributed by atoms with Gasteiger partial charge in [0.2, 0.25) is 0 Å². The van der Waals surface area contributed by atoms with Crippen LogP contribution in [0.3, 0.4) is 0 Å². The van der Waals surface area contributed by atoms with Crippen LogP contribution in [0.2, 0.25) is 5.15 Å². The van der Waals surface area contributed by atoms with Crippen molar-refractivity contribution in [2.45, 2.75) is 18.4 Å². The predicted octanol–water partition coefficient (Wildman–Crippen LogP) is 5.21. The summed E-state index contributed by atoms with van der Waals surface area (Å²) in [6.07, 6.45) is 0. The Balaban J connectivity index is 1.54. The Kier molecular flexibility index (Phi) is 5.73. The second-order valence-electron chi connectivity index (χ2n) is 6.79. The molecule has 0 spiro atoms. The Bertz CT molecular complexity index is 1280. The molecule has 0 radical (unpaired) electrons. The first-order chi connectivity index (χ1) is 14.3. The number of halogens is 2. The molecule has 0 amide bonds. The van der Waals surface area contributed by atoms with E-state index in [9.17, 15) is 12.8 Å². The van der Waals surface area contributed by atoms with E-state index in [0.29, 0.717) is 22.0 Å². The van der Waals surface area contributed by atoms with E-state index in [4.69, 9.17) is 11.6 Å². The summed E-state index contributed by atoms with van der Waals surface area (Å²) in [6, 6.07) is 15.2. The molecule has 4 rings (SSSR count). The van der Waals surface area contributed by atoms with Gasteiger partial charge in [-0.1, -0.05) is 29.8 Å². The molecule has 0 aliphatic heterocycles. The first kappa shape index (κ1) is 20.7. The van der Waals surface area contributed by atoms with Gasteiger partial charge >= 0.3 is 0 Å². The first-order valence-electron chi connectivity index (χ1n) is 9.02. The zero-order valence-electron chi connectivity index (χ0n) is 15.9. The van der Waals surface area contributed by atoms with Crippen molar-refractivity contribution in [2.75, 3.05) is 0 Å². The van der Waals surface area contributed by atoms with Crippen molar-refractivity contribution in [3.63, 3.8) is 0 Å². The predicted molar refractivity (Wildman–Crippen MR) is 117 cm³/mol. The fourth-order valence-corrected chi connectivity index (χ4v) is 5.87. The third-order valence-corrected chi connectivity index (χ3v) is 7.29. The van der Waals surface area contributed by atoms with E-state index in [0.717, 1.165) is 11.3 Å². The highest BCUT2D eigenvalue weighted by Crippen LogP contribution is 2.28. The van der Waals surface area contributed by atoms with Crippen LogP contribution in [0.25, 0.3) is 16.3 Å². The minimum atomic E-state index is -3.53. The van der Waals surface area contributed by atoms with Gasteiger partial charge in [0.05, 0.1) is 28.6 Å². The van der Waals surface area contributed by atoms with Gasteiger partial charge in [-0.25, -0.2) is 22.5 Å². The van der Waals surface area contributed by atoms with E-state index in [-0.39, 0.29) is 22.5 Å². The third-order valence-electron chi connectivity index (χ3n) is 4.50. The maximum Gasteiger partial charge on any atom is 0.160 e. The van der Waals surface area contributed by atoms with E-state index in [2.05, 4.69) is 10.1 Å². The molecule has 4 aromatic rings. The van der Waals surface area contributed by atoms with Crippen molar-refractivity contribution in [1.29, 1.82) is 0 Å². The fourth-order valence-electron chi connectivity index (χ4n) is 3.03. The molecule has 5 nitrogen and oxygen atoms in total. The van der Waals surface area contributed by atoms with Gasteiger partial charge in [0, 0.05) is 16.5 Å². The van der Waals surface area contributed by atoms with Gasteiger partial charge in [-0.2, -0.15) is 5.10 Å². The molecule has 0 saturated carbocycles. The number of hydrogen-bond donors (Lipinski definition) is 0. The lowest BCUT2D eigenvalue weighted by Gasteiger charge is -2.04. The standard InChI is InChI=1S/C21H17ClFN3O2S2/c1-14-19(20(22)26(25-14)18-5-3-2-4-6-18)13-30(27,28)12-17-11-29-21(24-17)15-7-9-16(23)10-8-15/h2-11H,12-13H2,1H3. The molecule has 0 fully saturated rings. The largest absolute Gasteiger partial charge is 0.240 e. The van der Waals surface area contributed by atoms with Crippen LogP contribution in [-0.2, 0) is 21.3 Å². The summed E-state index contributed by atoms with van der Waals surface area (Å²) < 4.78 is 40.3. The summed E-state index contributed by atoms with van der Waals surface area (Å²) in [5.41, 5.74) is 3.00. The quantitative estimate of drug-likeness (QED) is 0.395. The number of hydrogen-bond acceptors (Lipinski definition) is 5. The van der Waals surface area contributed by atoms with Crippen molar-refractivity contribution < 1.29 is 12.8 Å². The van der Waals surface area contributed by atoms with Crippen LogP contribution >= 0.6 is 22.9 Å². The lowest BCUT2D eigenvalue weighted by Crippen LogP contribution is -2.09. The smallest absolute Gasteiger partial charge is 0.160 e. The van der Waals surface area contributed by atoms with E-state index < -0.39 is 9.84 Å². The molecule has 2 aromatic heterocycles. The molecule has 9 heteroatoms. The summed E-state index contributed by atoms with van der Waals surface area (Å²) in [5, 5.41) is 7.03. The van der Waals surface area contributed by atoms with Crippen molar-refractivity contribution in [1.82, 2.24) is 14.8 Å². The average Bonchev–Trinajstić information content (AvgIpc) is 3.28. The molecule has 2 heterocycles. The second kappa shape index (κ2) is 8.29. The summed E-state index contributed by atoms with van der Waals surface area (Å²) in [5.74, 6) is -0.772. The molecule has 0 aliphatic carbocycles. The molecule has 0 atom stereocenters. The van der Waals surface area contributed by atoms with Crippen LogP contribution in [0.4, 0.5) is 4.39 Å². The van der Waals surface area contributed by atoms with Gasteiger partial charge in [-0.05, 0) is 43.3 Å². The lowest BCUT2D eigenvalue weighted by molar-refractivity contribution is 0.594. The summed E-state index contributed by atoms with van der Waals surface area (Å²) in [4.78, 5) is 4.40. The van der Waals surface area contributed by atoms with E-state index in [1.807, 2.05) is 30.3 Å². The van der Waals surface area contributed by atoms with Crippen molar-refractivity contribution in [3.05, 3.63) is 87.9 Å². The molecule has 0 saturated heterocycles. The van der Waals surface area contributed by atoms with Crippen LogP contribution in [0.15, 0.2) is 60.0 Å². The molecule has 0 N–H and O–H groups in total. The topological polar surface area (TPSA) is 64.8 Å². The third kappa shape index (κ3) is 4.45. The molecule has 2 aromatic carbocycles. The van der Waals surface area contributed by atoms with Crippen molar-refractivity contribution >= 4 is 32.8 Å². The zero-order valence-corrected chi connectivity index (χ0v) is 18.3. The van der Waals surface area contributed by atoms with Gasteiger partial charge in [0.25, 0.3) is 0 Å². The first-order valence-corrected chi connectivity index (χ1v) is 12.1. The number of rotatable bonds is 6. The maximum atomic E-state index is 13.1.